The highest BCUT2D eigenvalue weighted by molar-refractivity contribution is 6.29. The van der Waals surface area contributed by atoms with Crippen LogP contribution in [0.1, 0.15) is 31.8 Å². The molecule has 0 saturated carbocycles. The van der Waals surface area contributed by atoms with Crippen molar-refractivity contribution < 1.29 is 9.59 Å². The van der Waals surface area contributed by atoms with E-state index in [-0.39, 0.29) is 12.5 Å². The molecule has 2 heterocycles. The van der Waals surface area contributed by atoms with Crippen LogP contribution in [0, 0.1) is 6.92 Å². The van der Waals surface area contributed by atoms with Gasteiger partial charge in [-0.1, -0.05) is 18.5 Å². The summed E-state index contributed by atoms with van der Waals surface area (Å²) >= 11 is 5.84. The summed E-state index contributed by atoms with van der Waals surface area (Å²) in [6, 6.07) is 1.20. The number of amides is 3. The summed E-state index contributed by atoms with van der Waals surface area (Å²) in [5.41, 5.74) is -0.148. The van der Waals surface area contributed by atoms with Crippen molar-refractivity contribution in [2.45, 2.75) is 39.3 Å². The number of aryl methyl sites for hydroxylation is 1. The molecule has 1 unspecified atom stereocenters. The number of halogens is 1. The first-order chi connectivity index (χ1) is 8.85. The molecule has 0 aromatic carbocycles. The second kappa shape index (κ2) is 4.77. The predicted octanol–water partition coefficient (Wildman–Crippen LogP) is 1.66. The fraction of sp³-hybridized carbons (Fsp3) is 0.500. The van der Waals surface area contributed by atoms with Gasteiger partial charge in [0.15, 0.2) is 0 Å². The first kappa shape index (κ1) is 13.7. The van der Waals surface area contributed by atoms with E-state index in [1.54, 1.807) is 19.9 Å². The number of nitrogens with zero attached hydrogens (tertiary/aromatic N) is 3. The lowest BCUT2D eigenvalue weighted by molar-refractivity contribution is -0.131. The number of imide groups is 1. The molecule has 1 aliphatic heterocycles. The fourth-order valence-corrected chi connectivity index (χ4v) is 2.19. The molecule has 2 rings (SSSR count). The van der Waals surface area contributed by atoms with E-state index in [1.165, 1.54) is 0 Å². The van der Waals surface area contributed by atoms with E-state index in [9.17, 15) is 9.59 Å². The van der Waals surface area contributed by atoms with Crippen LogP contribution in [-0.2, 0) is 11.3 Å². The van der Waals surface area contributed by atoms with Gasteiger partial charge in [-0.3, -0.25) is 9.69 Å². The van der Waals surface area contributed by atoms with E-state index in [2.05, 4.69) is 15.3 Å². The fourth-order valence-electron chi connectivity index (χ4n) is 1.93. The molecule has 102 valence electrons. The Bertz CT molecular complexity index is 528. The molecule has 0 aliphatic carbocycles. The molecule has 1 N–H and O–H groups in total. The zero-order chi connectivity index (χ0) is 14.2. The lowest BCUT2D eigenvalue weighted by Gasteiger charge is -2.19. The van der Waals surface area contributed by atoms with Crippen LogP contribution in [0.15, 0.2) is 6.07 Å². The summed E-state index contributed by atoms with van der Waals surface area (Å²) in [6.07, 6.45) is 0.531. The summed E-state index contributed by atoms with van der Waals surface area (Å²) < 4.78 is 0. The number of aromatic nitrogens is 2. The van der Waals surface area contributed by atoms with E-state index >= 15 is 0 Å². The number of nitrogens with one attached hydrogen (secondary N) is 1. The first-order valence-corrected chi connectivity index (χ1v) is 6.37. The standard InChI is InChI=1S/C12H15ClN4O2/c1-4-12(3)10(18)17(11(19)16-12)6-9-14-7(2)5-8(13)15-9/h5H,4,6H2,1-3H3,(H,16,19). The van der Waals surface area contributed by atoms with Gasteiger partial charge in [-0.2, -0.15) is 0 Å². The zero-order valence-electron chi connectivity index (χ0n) is 11.0. The SMILES string of the molecule is CCC1(C)NC(=O)N(Cc2nc(C)cc(Cl)n2)C1=O. The van der Waals surface area contributed by atoms with E-state index in [4.69, 9.17) is 11.6 Å². The van der Waals surface area contributed by atoms with Gasteiger partial charge in [-0.05, 0) is 26.3 Å². The van der Waals surface area contributed by atoms with Gasteiger partial charge in [-0.15, -0.1) is 0 Å². The topological polar surface area (TPSA) is 75.2 Å². The molecule has 6 nitrogen and oxygen atoms in total. The Labute approximate surface area is 116 Å². The third kappa shape index (κ3) is 2.53. The monoisotopic (exact) mass is 282 g/mol. The molecule has 1 atom stereocenters. The van der Waals surface area contributed by atoms with Crippen molar-refractivity contribution >= 4 is 23.5 Å². The summed E-state index contributed by atoms with van der Waals surface area (Å²) in [6.45, 7) is 5.36. The van der Waals surface area contributed by atoms with E-state index < -0.39 is 11.6 Å². The lowest BCUT2D eigenvalue weighted by atomic mass is 9.99. The lowest BCUT2D eigenvalue weighted by Crippen LogP contribution is -2.43. The molecule has 1 aliphatic rings. The Morgan fingerprint density at radius 1 is 1.42 bits per heavy atom. The molecular weight excluding hydrogens is 268 g/mol. The Hall–Kier alpha value is -1.69. The van der Waals surface area contributed by atoms with Crippen molar-refractivity contribution in [1.82, 2.24) is 20.2 Å². The first-order valence-electron chi connectivity index (χ1n) is 6.00. The molecule has 0 radical (unpaired) electrons. The third-order valence-electron chi connectivity index (χ3n) is 3.22. The second-order valence-corrected chi connectivity index (χ2v) is 5.14. The predicted molar refractivity (Wildman–Crippen MR) is 69.6 cm³/mol. The van der Waals surface area contributed by atoms with Crippen LogP contribution in [0.4, 0.5) is 4.79 Å². The van der Waals surface area contributed by atoms with Crippen molar-refractivity contribution in [2.75, 3.05) is 0 Å². The van der Waals surface area contributed by atoms with Gasteiger partial charge >= 0.3 is 6.03 Å². The number of rotatable bonds is 3. The maximum Gasteiger partial charge on any atom is 0.325 e. The Morgan fingerprint density at radius 2 is 2.11 bits per heavy atom. The highest BCUT2D eigenvalue weighted by Crippen LogP contribution is 2.22. The van der Waals surface area contributed by atoms with E-state index in [0.29, 0.717) is 23.1 Å². The van der Waals surface area contributed by atoms with Crippen molar-refractivity contribution in [3.8, 4) is 0 Å². The number of urea groups is 1. The smallest absolute Gasteiger partial charge is 0.323 e. The summed E-state index contributed by atoms with van der Waals surface area (Å²) in [7, 11) is 0. The Kier molecular flexibility index (Phi) is 3.45. The number of carbonyl (C=O) groups excluding carboxylic acids is 2. The minimum atomic E-state index is -0.843. The molecule has 1 saturated heterocycles. The molecule has 0 bridgehead atoms. The van der Waals surface area contributed by atoms with E-state index in [0.717, 1.165) is 4.90 Å². The maximum absolute atomic E-state index is 12.2. The van der Waals surface area contributed by atoms with Crippen molar-refractivity contribution in [3.05, 3.63) is 22.7 Å². The molecule has 1 fully saturated rings. The molecule has 7 heteroatoms. The quantitative estimate of drug-likeness (QED) is 0.676. The highest BCUT2D eigenvalue weighted by atomic mass is 35.5. The average molecular weight is 283 g/mol. The normalized spacial score (nSPS) is 22.8. The van der Waals surface area contributed by atoms with E-state index in [1.807, 2.05) is 6.92 Å². The van der Waals surface area contributed by atoms with Gasteiger partial charge < -0.3 is 5.32 Å². The van der Waals surface area contributed by atoms with Gasteiger partial charge in [0.1, 0.15) is 16.5 Å². The van der Waals surface area contributed by atoms with Crippen molar-refractivity contribution in [2.24, 2.45) is 0 Å². The zero-order valence-corrected chi connectivity index (χ0v) is 11.8. The Morgan fingerprint density at radius 3 is 2.63 bits per heavy atom. The highest BCUT2D eigenvalue weighted by Gasteiger charge is 2.46. The largest absolute Gasteiger partial charge is 0.325 e. The second-order valence-electron chi connectivity index (χ2n) is 4.76. The van der Waals surface area contributed by atoms with Crippen LogP contribution in [0.25, 0.3) is 0 Å². The number of hydrogen-bond donors (Lipinski definition) is 1. The van der Waals surface area contributed by atoms with Crippen molar-refractivity contribution in [3.63, 3.8) is 0 Å². The molecule has 3 amide bonds. The minimum absolute atomic E-state index is 0.0294. The molecule has 19 heavy (non-hydrogen) atoms. The molecular formula is C12H15ClN4O2. The average Bonchev–Trinajstić information content (AvgIpc) is 2.53. The summed E-state index contributed by atoms with van der Waals surface area (Å²) in [5.74, 6) is 0.0927. The van der Waals surface area contributed by atoms with Crippen LogP contribution in [0.2, 0.25) is 5.15 Å². The van der Waals surface area contributed by atoms with Crippen LogP contribution >= 0.6 is 11.6 Å². The number of hydrogen-bond acceptors (Lipinski definition) is 4. The molecule has 1 aromatic heterocycles. The summed E-state index contributed by atoms with van der Waals surface area (Å²) in [4.78, 5) is 33.3. The van der Waals surface area contributed by atoms with Crippen molar-refractivity contribution in [1.29, 1.82) is 0 Å². The van der Waals surface area contributed by atoms with Crippen LogP contribution in [-0.4, -0.2) is 32.3 Å². The van der Waals surface area contributed by atoms with Crippen LogP contribution in [0.3, 0.4) is 0 Å². The summed E-state index contributed by atoms with van der Waals surface area (Å²) in [5, 5.41) is 2.98. The number of carbonyl (C=O) groups is 2. The molecule has 0 spiro atoms. The van der Waals surface area contributed by atoms with Crippen LogP contribution < -0.4 is 5.32 Å². The molecule has 1 aromatic rings. The van der Waals surface area contributed by atoms with Gasteiger partial charge in [0, 0.05) is 5.69 Å². The minimum Gasteiger partial charge on any atom is -0.323 e. The Balaban J connectivity index is 2.24. The van der Waals surface area contributed by atoms with Gasteiger partial charge in [0.2, 0.25) is 0 Å². The van der Waals surface area contributed by atoms with Gasteiger partial charge in [0.25, 0.3) is 5.91 Å². The van der Waals surface area contributed by atoms with Gasteiger partial charge in [-0.25, -0.2) is 14.8 Å². The van der Waals surface area contributed by atoms with Gasteiger partial charge in [0.05, 0.1) is 6.54 Å². The maximum atomic E-state index is 12.2. The van der Waals surface area contributed by atoms with Crippen LogP contribution in [0.5, 0.6) is 0 Å². The third-order valence-corrected chi connectivity index (χ3v) is 3.41.